The summed E-state index contributed by atoms with van der Waals surface area (Å²) in [6.45, 7) is 7.02. The average Bonchev–Trinajstić information content (AvgIpc) is 2.94. The lowest BCUT2D eigenvalue weighted by molar-refractivity contribution is 0.659. The SMILES string of the molecule is CCCc1ccc2c(c1)C(C)(C)c1cc(-c3ccc4c(c3)C=CCC4)ccc1-2. The fourth-order valence-corrected chi connectivity index (χ4v) is 5.01. The van der Waals surface area contributed by atoms with Gasteiger partial charge in [-0.1, -0.05) is 81.8 Å². The second kappa shape index (κ2) is 6.48. The number of rotatable bonds is 3. The van der Waals surface area contributed by atoms with Crippen LogP contribution in [0.2, 0.25) is 0 Å². The molecule has 2 aliphatic rings. The molecule has 0 aliphatic heterocycles. The minimum absolute atomic E-state index is 0.0541. The Bertz CT molecular complexity index is 1100. The first-order valence-electron chi connectivity index (χ1n) is 10.7. The summed E-state index contributed by atoms with van der Waals surface area (Å²) in [6, 6.07) is 21.2. The molecule has 140 valence electrons. The van der Waals surface area contributed by atoms with Crippen LogP contribution >= 0.6 is 0 Å². The first kappa shape index (κ1) is 17.5. The van der Waals surface area contributed by atoms with Crippen molar-refractivity contribution in [1.29, 1.82) is 0 Å². The monoisotopic (exact) mass is 364 g/mol. The quantitative estimate of drug-likeness (QED) is 0.449. The van der Waals surface area contributed by atoms with Gasteiger partial charge < -0.3 is 0 Å². The molecule has 3 aromatic rings. The third-order valence-corrected chi connectivity index (χ3v) is 6.64. The third-order valence-electron chi connectivity index (χ3n) is 6.64. The highest BCUT2D eigenvalue weighted by molar-refractivity contribution is 5.84. The topological polar surface area (TPSA) is 0 Å². The van der Waals surface area contributed by atoms with Crippen molar-refractivity contribution in [1.82, 2.24) is 0 Å². The average molecular weight is 365 g/mol. The first-order chi connectivity index (χ1) is 13.6. The summed E-state index contributed by atoms with van der Waals surface area (Å²) >= 11 is 0. The molecule has 0 heterocycles. The van der Waals surface area contributed by atoms with Crippen LogP contribution in [0, 0.1) is 0 Å². The fourth-order valence-electron chi connectivity index (χ4n) is 5.01. The Balaban J connectivity index is 1.60. The van der Waals surface area contributed by atoms with Gasteiger partial charge in [-0.05, 0) is 81.5 Å². The number of fused-ring (bicyclic) bond motifs is 4. The molecule has 3 aromatic carbocycles. The van der Waals surface area contributed by atoms with Crippen LogP contribution in [-0.2, 0) is 18.3 Å². The van der Waals surface area contributed by atoms with Gasteiger partial charge in [0, 0.05) is 5.41 Å². The molecule has 5 rings (SSSR count). The minimum atomic E-state index is 0.0541. The maximum absolute atomic E-state index is 2.45. The van der Waals surface area contributed by atoms with Crippen molar-refractivity contribution in [3.63, 3.8) is 0 Å². The molecule has 0 unspecified atom stereocenters. The number of allylic oxidation sites excluding steroid dienone is 1. The van der Waals surface area contributed by atoms with Crippen molar-refractivity contribution in [3.05, 3.63) is 88.5 Å². The van der Waals surface area contributed by atoms with Gasteiger partial charge in [0.15, 0.2) is 0 Å². The van der Waals surface area contributed by atoms with Crippen LogP contribution in [0.3, 0.4) is 0 Å². The van der Waals surface area contributed by atoms with Crippen LogP contribution in [0.1, 0.15) is 61.4 Å². The highest BCUT2D eigenvalue weighted by Crippen LogP contribution is 2.50. The molecule has 0 bridgehead atoms. The van der Waals surface area contributed by atoms with Crippen LogP contribution in [0.5, 0.6) is 0 Å². The number of benzene rings is 3. The van der Waals surface area contributed by atoms with E-state index in [0.717, 1.165) is 12.8 Å². The van der Waals surface area contributed by atoms with Crippen LogP contribution in [0.4, 0.5) is 0 Å². The Labute approximate surface area is 168 Å². The van der Waals surface area contributed by atoms with E-state index in [2.05, 4.69) is 87.5 Å². The van der Waals surface area contributed by atoms with E-state index in [1.165, 1.54) is 62.9 Å². The van der Waals surface area contributed by atoms with Gasteiger partial charge in [-0.3, -0.25) is 0 Å². The predicted molar refractivity (Wildman–Crippen MR) is 121 cm³/mol. The first-order valence-corrected chi connectivity index (χ1v) is 10.7. The predicted octanol–water partition coefficient (Wildman–Crippen LogP) is 7.57. The van der Waals surface area contributed by atoms with Gasteiger partial charge in [0.25, 0.3) is 0 Å². The number of hydrogen-bond acceptors (Lipinski definition) is 0. The summed E-state index contributed by atoms with van der Waals surface area (Å²) in [5, 5.41) is 0. The Morgan fingerprint density at radius 3 is 2.36 bits per heavy atom. The maximum Gasteiger partial charge on any atom is 0.0159 e. The van der Waals surface area contributed by atoms with E-state index < -0.39 is 0 Å². The van der Waals surface area contributed by atoms with E-state index in [1.54, 1.807) is 0 Å². The summed E-state index contributed by atoms with van der Waals surface area (Å²) in [4.78, 5) is 0. The van der Waals surface area contributed by atoms with Crippen molar-refractivity contribution < 1.29 is 0 Å². The lowest BCUT2D eigenvalue weighted by atomic mass is 9.81. The maximum atomic E-state index is 2.45. The van der Waals surface area contributed by atoms with E-state index in [4.69, 9.17) is 0 Å². The Morgan fingerprint density at radius 1 is 0.821 bits per heavy atom. The Kier molecular flexibility index (Phi) is 4.05. The highest BCUT2D eigenvalue weighted by Gasteiger charge is 2.35. The molecular weight excluding hydrogens is 336 g/mol. The molecular formula is C28H28. The zero-order valence-corrected chi connectivity index (χ0v) is 17.2. The molecule has 0 spiro atoms. The fraction of sp³-hybridized carbons (Fsp3) is 0.286. The standard InChI is InChI=1S/C28H28/c1-4-7-19-10-14-24-25-15-13-23(18-27(25)28(2,3)26(24)16-19)22-12-11-20-8-5-6-9-21(20)17-22/h6,9-18H,4-5,7-8H2,1-3H3. The minimum Gasteiger partial charge on any atom is -0.0836 e. The van der Waals surface area contributed by atoms with Crippen LogP contribution < -0.4 is 0 Å². The smallest absolute Gasteiger partial charge is 0.0159 e. The van der Waals surface area contributed by atoms with E-state index in [1.807, 2.05) is 0 Å². The van der Waals surface area contributed by atoms with Crippen LogP contribution in [0.25, 0.3) is 28.3 Å². The lowest BCUT2D eigenvalue weighted by Crippen LogP contribution is -2.15. The summed E-state index contributed by atoms with van der Waals surface area (Å²) < 4.78 is 0. The van der Waals surface area contributed by atoms with Gasteiger partial charge in [-0.15, -0.1) is 0 Å². The second-order valence-electron chi connectivity index (χ2n) is 8.87. The number of hydrogen-bond donors (Lipinski definition) is 0. The zero-order valence-electron chi connectivity index (χ0n) is 17.2. The molecule has 0 amide bonds. The van der Waals surface area contributed by atoms with Gasteiger partial charge in [0.2, 0.25) is 0 Å². The second-order valence-corrected chi connectivity index (χ2v) is 8.87. The van der Waals surface area contributed by atoms with Crippen molar-refractivity contribution in [2.75, 3.05) is 0 Å². The molecule has 0 atom stereocenters. The summed E-state index contributed by atoms with van der Waals surface area (Å²) in [7, 11) is 0. The van der Waals surface area contributed by atoms with E-state index in [0.29, 0.717) is 0 Å². The van der Waals surface area contributed by atoms with Crippen molar-refractivity contribution in [2.24, 2.45) is 0 Å². The normalized spacial score (nSPS) is 15.8. The van der Waals surface area contributed by atoms with E-state index in [-0.39, 0.29) is 5.41 Å². The summed E-state index contributed by atoms with van der Waals surface area (Å²) in [6.07, 6.45) is 9.26. The highest BCUT2D eigenvalue weighted by atomic mass is 14.4. The van der Waals surface area contributed by atoms with Crippen LogP contribution in [0.15, 0.2) is 60.7 Å². The van der Waals surface area contributed by atoms with Gasteiger partial charge in [-0.25, -0.2) is 0 Å². The lowest BCUT2D eigenvalue weighted by Gasteiger charge is -2.22. The zero-order chi connectivity index (χ0) is 19.3. The molecule has 0 saturated heterocycles. The molecule has 0 nitrogen and oxygen atoms in total. The molecule has 0 heteroatoms. The van der Waals surface area contributed by atoms with Crippen molar-refractivity contribution >= 4 is 6.08 Å². The van der Waals surface area contributed by atoms with Gasteiger partial charge in [0.1, 0.15) is 0 Å². The molecule has 28 heavy (non-hydrogen) atoms. The molecule has 2 aliphatic carbocycles. The summed E-state index contributed by atoms with van der Waals surface area (Å²) in [5.41, 5.74) is 12.8. The molecule has 0 radical (unpaired) electrons. The largest absolute Gasteiger partial charge is 0.0836 e. The Hall–Kier alpha value is -2.60. The Morgan fingerprint density at radius 2 is 1.54 bits per heavy atom. The van der Waals surface area contributed by atoms with Crippen molar-refractivity contribution in [3.8, 4) is 22.3 Å². The molecule has 0 N–H and O–H groups in total. The van der Waals surface area contributed by atoms with Gasteiger partial charge in [0.05, 0.1) is 0 Å². The van der Waals surface area contributed by atoms with Crippen LogP contribution in [-0.4, -0.2) is 0 Å². The third kappa shape index (κ3) is 2.66. The van der Waals surface area contributed by atoms with Gasteiger partial charge >= 0.3 is 0 Å². The van der Waals surface area contributed by atoms with Crippen molar-refractivity contribution in [2.45, 2.75) is 51.9 Å². The van der Waals surface area contributed by atoms with Gasteiger partial charge in [-0.2, -0.15) is 0 Å². The molecule has 0 saturated carbocycles. The summed E-state index contributed by atoms with van der Waals surface area (Å²) in [5.74, 6) is 0. The molecule has 0 fully saturated rings. The number of aryl methyl sites for hydroxylation is 2. The van der Waals surface area contributed by atoms with E-state index in [9.17, 15) is 0 Å². The molecule has 0 aromatic heterocycles. The van der Waals surface area contributed by atoms with E-state index >= 15 is 0 Å².